The van der Waals surface area contributed by atoms with Crippen molar-refractivity contribution in [1.82, 2.24) is 0 Å². The van der Waals surface area contributed by atoms with Crippen molar-refractivity contribution in [3.8, 4) is 22.3 Å². The first kappa shape index (κ1) is 50.4. The molecule has 0 bridgehead atoms. The highest BCUT2D eigenvalue weighted by Crippen LogP contribution is 2.58. The van der Waals surface area contributed by atoms with Crippen molar-refractivity contribution in [2.75, 3.05) is 0 Å². The summed E-state index contributed by atoms with van der Waals surface area (Å²) in [6, 6.07) is 38.0. The molecular weight excluding hydrogens is 929 g/mol. The van der Waals surface area contributed by atoms with Gasteiger partial charge in [0.15, 0.2) is 0 Å². The molecule has 4 atom stereocenters. The van der Waals surface area contributed by atoms with E-state index in [2.05, 4.69) is 195 Å². The third-order valence-electron chi connectivity index (χ3n) is 15.8. The fourth-order valence-corrected chi connectivity index (χ4v) is 12.8. The first-order chi connectivity index (χ1) is 32.2. The predicted molar refractivity (Wildman–Crippen MR) is 298 cm³/mol. The van der Waals surface area contributed by atoms with Crippen LogP contribution >= 0.6 is 31.9 Å². The number of halogens is 2. The number of hydrogen-bond donors (Lipinski definition) is 0. The van der Waals surface area contributed by atoms with Gasteiger partial charge in [-0.1, -0.05) is 273 Å². The highest BCUT2D eigenvalue weighted by atomic mass is 79.9. The minimum Gasteiger partial charge on any atom is -0.0654 e. The van der Waals surface area contributed by atoms with Crippen LogP contribution in [-0.2, 0) is 10.8 Å². The normalized spacial score (nSPS) is 18.2. The minimum absolute atomic E-state index is 0.0527. The van der Waals surface area contributed by atoms with Gasteiger partial charge in [-0.25, -0.2) is 0 Å². The number of fused-ring (bicyclic) bond motifs is 6. The fourth-order valence-electron chi connectivity index (χ4n) is 12.0. The van der Waals surface area contributed by atoms with Gasteiger partial charge in [0.2, 0.25) is 0 Å². The molecule has 0 spiro atoms. The van der Waals surface area contributed by atoms with Crippen LogP contribution in [0, 0.1) is 11.8 Å². The lowest BCUT2D eigenvalue weighted by Gasteiger charge is -2.36. The third-order valence-corrected chi connectivity index (χ3v) is 16.8. The second-order valence-corrected chi connectivity index (χ2v) is 22.2. The van der Waals surface area contributed by atoms with Crippen molar-refractivity contribution < 1.29 is 0 Å². The minimum atomic E-state index is 0.0527. The van der Waals surface area contributed by atoms with E-state index < -0.39 is 0 Å². The highest BCUT2D eigenvalue weighted by molar-refractivity contribution is 9.10. The lowest BCUT2D eigenvalue weighted by Crippen LogP contribution is -2.29. The van der Waals surface area contributed by atoms with E-state index in [4.69, 9.17) is 0 Å². The highest BCUT2D eigenvalue weighted by Gasteiger charge is 2.45. The van der Waals surface area contributed by atoms with Crippen LogP contribution in [0.1, 0.15) is 214 Å². The molecule has 0 N–H and O–H groups in total. The van der Waals surface area contributed by atoms with Gasteiger partial charge in [-0.3, -0.25) is 0 Å². The summed E-state index contributed by atoms with van der Waals surface area (Å²) < 4.78 is 2.40. The molecule has 66 heavy (non-hydrogen) atoms. The van der Waals surface area contributed by atoms with Gasteiger partial charge in [0.25, 0.3) is 0 Å². The zero-order chi connectivity index (χ0) is 46.5. The molecule has 0 radical (unpaired) electrons. The van der Waals surface area contributed by atoms with Crippen molar-refractivity contribution in [2.24, 2.45) is 11.8 Å². The van der Waals surface area contributed by atoms with Crippen molar-refractivity contribution in [2.45, 2.75) is 181 Å². The Labute approximate surface area is 418 Å². The molecule has 0 heterocycles. The summed E-state index contributed by atoms with van der Waals surface area (Å²) in [6.45, 7) is 14.2. The molecular formula is C64H80Br2. The smallest absolute Gasteiger partial charge is 0.0218 e. The Hall–Kier alpha value is -3.46. The summed E-state index contributed by atoms with van der Waals surface area (Å²) in [5.41, 5.74) is 17.2. The Balaban J connectivity index is 1.14. The van der Waals surface area contributed by atoms with Crippen LogP contribution in [0.5, 0.6) is 0 Å². The van der Waals surface area contributed by atoms with Crippen LogP contribution in [0.2, 0.25) is 0 Å². The van der Waals surface area contributed by atoms with Gasteiger partial charge in [-0.05, 0) is 129 Å². The van der Waals surface area contributed by atoms with Crippen LogP contribution in [-0.4, -0.2) is 0 Å². The van der Waals surface area contributed by atoms with E-state index in [1.54, 1.807) is 22.3 Å². The lowest BCUT2D eigenvalue weighted by atomic mass is 9.67. The summed E-state index contributed by atoms with van der Waals surface area (Å²) >= 11 is 7.81. The number of unbranched alkanes of at least 4 members (excludes halogenated alkanes) is 8. The SMILES string of the molecule is CCCCCCC1(CC(CC)CCCC)c2cc(Br)ccc2-c2ccc(/C=C\c3ccc(/C=C/c4ccc5c(c4)C(CCCCCC)(CC(CC)CCCC)c4cc(Br)ccc4-5)cc3)cc21. The quantitative estimate of drug-likeness (QED) is 0.0383. The van der Waals surface area contributed by atoms with E-state index in [0.29, 0.717) is 0 Å². The number of hydrogen-bond acceptors (Lipinski definition) is 0. The Morgan fingerprint density at radius 3 is 1.08 bits per heavy atom. The third kappa shape index (κ3) is 11.5. The molecule has 0 nitrogen and oxygen atoms in total. The molecule has 0 fully saturated rings. The Morgan fingerprint density at radius 1 is 0.379 bits per heavy atom. The Kier molecular flexibility index (Phi) is 18.5. The van der Waals surface area contributed by atoms with E-state index in [0.717, 1.165) is 11.8 Å². The van der Waals surface area contributed by atoms with Crippen LogP contribution in [0.4, 0.5) is 0 Å². The van der Waals surface area contributed by atoms with Crippen molar-refractivity contribution in [1.29, 1.82) is 0 Å². The topological polar surface area (TPSA) is 0 Å². The van der Waals surface area contributed by atoms with Crippen LogP contribution in [0.3, 0.4) is 0 Å². The molecule has 0 saturated carbocycles. The number of benzene rings is 5. The largest absolute Gasteiger partial charge is 0.0654 e. The van der Waals surface area contributed by atoms with Gasteiger partial charge in [-0.15, -0.1) is 0 Å². The number of rotatable bonds is 26. The first-order valence-corrected chi connectivity index (χ1v) is 28.2. The first-order valence-electron chi connectivity index (χ1n) is 26.6. The molecule has 2 aliphatic carbocycles. The van der Waals surface area contributed by atoms with Gasteiger partial charge in [0.1, 0.15) is 0 Å². The molecule has 0 aromatic heterocycles. The molecule has 0 amide bonds. The molecule has 0 aliphatic heterocycles. The zero-order valence-electron chi connectivity index (χ0n) is 41.6. The average molecular weight is 1010 g/mol. The van der Waals surface area contributed by atoms with E-state index >= 15 is 0 Å². The standard InChI is InChI=1S/C64H80Br2/c1-7-13-17-19-39-63(45-47(11-5)21-15-9-3)59-41-51(31-35-55(59)57-37-33-53(65)43-61(57)63)29-27-49-23-25-50(26-24-49)28-30-52-32-36-56-58-38-34-54(66)44-62(58)64(60(56)42-52,40-20-18-14-8-2)46-48(12-6)22-16-10-4/h23-38,41-44,47-48H,7-22,39-40,45-46H2,1-6H3/b29-27-,30-28+. The van der Waals surface area contributed by atoms with Crippen molar-refractivity contribution >= 4 is 56.2 Å². The Morgan fingerprint density at radius 2 is 0.712 bits per heavy atom. The summed E-state index contributed by atoms with van der Waals surface area (Å²) in [7, 11) is 0. The van der Waals surface area contributed by atoms with Crippen molar-refractivity contribution in [3.63, 3.8) is 0 Å². The van der Waals surface area contributed by atoms with Gasteiger partial charge in [0.05, 0.1) is 0 Å². The summed E-state index contributed by atoms with van der Waals surface area (Å²) in [5, 5.41) is 0. The fraction of sp³-hybridized carbons (Fsp3) is 0.469. The summed E-state index contributed by atoms with van der Waals surface area (Å²) in [5.74, 6) is 1.46. The predicted octanol–water partition coefficient (Wildman–Crippen LogP) is 21.2. The van der Waals surface area contributed by atoms with E-state index in [1.807, 2.05) is 0 Å². The van der Waals surface area contributed by atoms with Gasteiger partial charge < -0.3 is 0 Å². The molecule has 4 unspecified atom stereocenters. The molecule has 350 valence electrons. The maximum atomic E-state index is 3.90. The van der Waals surface area contributed by atoms with E-state index in [9.17, 15) is 0 Å². The Bertz CT molecular complexity index is 2230. The lowest BCUT2D eigenvalue weighted by molar-refractivity contribution is 0.311. The van der Waals surface area contributed by atoms with E-state index in [-0.39, 0.29) is 10.8 Å². The van der Waals surface area contributed by atoms with Crippen LogP contribution < -0.4 is 0 Å². The molecule has 5 aromatic rings. The van der Waals surface area contributed by atoms with Crippen LogP contribution in [0.15, 0.2) is 106 Å². The second kappa shape index (κ2) is 24.2. The maximum absolute atomic E-state index is 3.90. The monoisotopic (exact) mass is 1010 g/mol. The molecule has 7 rings (SSSR count). The van der Waals surface area contributed by atoms with Crippen LogP contribution in [0.25, 0.3) is 46.6 Å². The summed E-state index contributed by atoms with van der Waals surface area (Å²) in [6.07, 6.45) is 34.9. The molecule has 0 saturated heterocycles. The average Bonchev–Trinajstić information content (AvgIpc) is 3.75. The van der Waals surface area contributed by atoms with Crippen molar-refractivity contribution in [3.05, 3.63) is 151 Å². The molecule has 2 heteroatoms. The molecule has 5 aromatic carbocycles. The van der Waals surface area contributed by atoms with Gasteiger partial charge >= 0.3 is 0 Å². The second-order valence-electron chi connectivity index (χ2n) is 20.3. The zero-order valence-corrected chi connectivity index (χ0v) is 44.8. The van der Waals surface area contributed by atoms with Gasteiger partial charge in [-0.2, -0.15) is 0 Å². The maximum Gasteiger partial charge on any atom is 0.0218 e. The molecule has 2 aliphatic rings. The van der Waals surface area contributed by atoms with E-state index in [1.165, 1.54) is 182 Å². The summed E-state index contributed by atoms with van der Waals surface area (Å²) in [4.78, 5) is 0. The van der Waals surface area contributed by atoms with Gasteiger partial charge in [0, 0.05) is 19.8 Å².